The molecule has 0 saturated heterocycles. The summed E-state index contributed by atoms with van der Waals surface area (Å²) in [5, 5.41) is 2.14. The maximum Gasteiger partial charge on any atom is 0.0342 e. The first-order valence-corrected chi connectivity index (χ1v) is 7.84. The molecule has 0 nitrogen and oxygen atoms in total. The summed E-state index contributed by atoms with van der Waals surface area (Å²) in [5.74, 6) is 0. The second-order valence-corrected chi connectivity index (χ2v) is 6.86. The molecule has 0 bridgehead atoms. The molecule has 0 saturated carbocycles. The minimum absolute atomic E-state index is 0.0964. The van der Waals surface area contributed by atoms with Gasteiger partial charge in [-0.1, -0.05) is 56.3 Å². The van der Waals surface area contributed by atoms with Gasteiger partial charge in [-0.3, -0.25) is 0 Å². The predicted octanol–water partition coefficient (Wildman–Crippen LogP) is 5.72. The highest BCUT2D eigenvalue weighted by Gasteiger charge is 2.35. The summed E-state index contributed by atoms with van der Waals surface area (Å²) in [6.07, 6.45) is 0. The van der Waals surface area contributed by atoms with Crippen molar-refractivity contribution in [2.75, 3.05) is 0 Å². The van der Waals surface area contributed by atoms with Crippen molar-refractivity contribution in [2.24, 2.45) is 0 Å². The number of hydrogen-bond acceptors (Lipinski definition) is 1. The maximum absolute atomic E-state index is 2.38. The zero-order chi connectivity index (χ0) is 13.7. The third-order valence-electron chi connectivity index (χ3n) is 4.39. The first-order valence-electron chi connectivity index (χ1n) is 6.96. The molecular formula is C19H16S. The lowest BCUT2D eigenvalue weighted by Gasteiger charge is -2.21. The van der Waals surface area contributed by atoms with Gasteiger partial charge < -0.3 is 0 Å². The largest absolute Gasteiger partial charge is 0.144 e. The van der Waals surface area contributed by atoms with Crippen molar-refractivity contribution >= 4 is 11.3 Å². The quantitative estimate of drug-likeness (QED) is 0.533. The van der Waals surface area contributed by atoms with Gasteiger partial charge in [0, 0.05) is 10.3 Å². The van der Waals surface area contributed by atoms with Gasteiger partial charge in [-0.2, -0.15) is 0 Å². The van der Waals surface area contributed by atoms with Crippen molar-refractivity contribution in [3.8, 4) is 21.6 Å². The van der Waals surface area contributed by atoms with E-state index in [1.54, 1.807) is 11.3 Å². The highest BCUT2D eigenvalue weighted by molar-refractivity contribution is 7.13. The number of thiophene rings is 1. The van der Waals surface area contributed by atoms with Crippen LogP contribution < -0.4 is 0 Å². The first-order chi connectivity index (χ1) is 9.68. The highest BCUT2D eigenvalue weighted by Crippen LogP contribution is 2.49. The van der Waals surface area contributed by atoms with Gasteiger partial charge in [0.15, 0.2) is 0 Å². The molecule has 20 heavy (non-hydrogen) atoms. The Balaban J connectivity index is 1.97. The fourth-order valence-electron chi connectivity index (χ4n) is 3.30. The summed E-state index contributed by atoms with van der Waals surface area (Å²) in [6, 6.07) is 20.0. The normalized spacial score (nSPS) is 14.9. The van der Waals surface area contributed by atoms with Gasteiger partial charge in [-0.25, -0.2) is 0 Å². The lowest BCUT2D eigenvalue weighted by molar-refractivity contribution is 0.660. The second-order valence-electron chi connectivity index (χ2n) is 5.91. The first kappa shape index (κ1) is 11.9. The molecule has 0 N–H and O–H groups in total. The van der Waals surface area contributed by atoms with E-state index >= 15 is 0 Å². The van der Waals surface area contributed by atoms with E-state index in [0.29, 0.717) is 0 Å². The summed E-state index contributed by atoms with van der Waals surface area (Å²) in [6.45, 7) is 4.66. The molecule has 98 valence electrons. The molecule has 4 rings (SSSR count). The number of fused-ring (bicyclic) bond motifs is 3. The van der Waals surface area contributed by atoms with Crippen LogP contribution in [0.5, 0.6) is 0 Å². The average Bonchev–Trinajstić information content (AvgIpc) is 3.07. The van der Waals surface area contributed by atoms with Gasteiger partial charge in [0.05, 0.1) is 0 Å². The number of hydrogen-bond donors (Lipinski definition) is 0. The molecule has 1 heterocycles. The van der Waals surface area contributed by atoms with Crippen LogP contribution >= 0.6 is 11.3 Å². The SMILES string of the molecule is CC1(C)c2ccccc2-c2ccc(-c3cccs3)cc21. The van der Waals surface area contributed by atoms with Crippen LogP contribution in [0.15, 0.2) is 60.0 Å². The van der Waals surface area contributed by atoms with Gasteiger partial charge in [-0.05, 0) is 45.3 Å². The monoisotopic (exact) mass is 276 g/mol. The van der Waals surface area contributed by atoms with Crippen LogP contribution in [0, 0.1) is 0 Å². The van der Waals surface area contributed by atoms with Crippen LogP contribution in [-0.2, 0) is 5.41 Å². The van der Waals surface area contributed by atoms with E-state index in [2.05, 4.69) is 73.8 Å². The standard InChI is InChI=1S/C19H16S/c1-19(2)16-7-4-3-6-14(16)15-10-9-13(12-17(15)19)18-8-5-11-20-18/h3-12H,1-2H3. The Morgan fingerprint density at radius 1 is 0.800 bits per heavy atom. The van der Waals surface area contributed by atoms with E-state index in [1.807, 2.05) is 0 Å². The zero-order valence-corrected chi connectivity index (χ0v) is 12.5. The van der Waals surface area contributed by atoms with Crippen molar-refractivity contribution < 1.29 is 0 Å². The Bertz CT molecular complexity index is 779. The summed E-state index contributed by atoms with van der Waals surface area (Å²) in [4.78, 5) is 1.35. The Labute approximate surface area is 123 Å². The van der Waals surface area contributed by atoms with Crippen LogP contribution in [0.4, 0.5) is 0 Å². The zero-order valence-electron chi connectivity index (χ0n) is 11.7. The van der Waals surface area contributed by atoms with E-state index in [-0.39, 0.29) is 5.41 Å². The topological polar surface area (TPSA) is 0 Å². The smallest absolute Gasteiger partial charge is 0.0342 e. The van der Waals surface area contributed by atoms with Gasteiger partial charge in [0.25, 0.3) is 0 Å². The van der Waals surface area contributed by atoms with E-state index in [9.17, 15) is 0 Å². The van der Waals surface area contributed by atoms with Gasteiger partial charge in [-0.15, -0.1) is 11.3 Å². The predicted molar refractivity (Wildman–Crippen MR) is 87.3 cm³/mol. The molecule has 1 aliphatic rings. The van der Waals surface area contributed by atoms with Gasteiger partial charge in [0.1, 0.15) is 0 Å². The molecule has 0 aliphatic heterocycles. The molecule has 2 aromatic carbocycles. The van der Waals surface area contributed by atoms with Gasteiger partial charge >= 0.3 is 0 Å². The van der Waals surface area contributed by atoms with Crippen LogP contribution in [-0.4, -0.2) is 0 Å². The lowest BCUT2D eigenvalue weighted by Crippen LogP contribution is -2.14. The molecule has 0 spiro atoms. The van der Waals surface area contributed by atoms with E-state index in [1.165, 1.54) is 32.7 Å². The Kier molecular flexibility index (Phi) is 2.42. The number of rotatable bonds is 1. The van der Waals surface area contributed by atoms with Crippen LogP contribution in [0.25, 0.3) is 21.6 Å². The molecule has 3 aromatic rings. The summed E-state index contributed by atoms with van der Waals surface area (Å²) in [7, 11) is 0. The van der Waals surface area contributed by atoms with Crippen LogP contribution in [0.2, 0.25) is 0 Å². The summed E-state index contributed by atoms with van der Waals surface area (Å²) in [5.41, 5.74) is 7.11. The molecule has 0 unspecified atom stereocenters. The molecule has 0 atom stereocenters. The lowest BCUT2D eigenvalue weighted by atomic mass is 9.82. The third-order valence-corrected chi connectivity index (χ3v) is 5.31. The molecule has 0 fully saturated rings. The minimum Gasteiger partial charge on any atom is -0.144 e. The maximum atomic E-state index is 2.38. The second kappa shape index (κ2) is 4.07. The Morgan fingerprint density at radius 3 is 2.40 bits per heavy atom. The third kappa shape index (κ3) is 1.53. The molecule has 1 aliphatic carbocycles. The molecule has 0 amide bonds. The Morgan fingerprint density at radius 2 is 1.60 bits per heavy atom. The van der Waals surface area contributed by atoms with Crippen LogP contribution in [0.1, 0.15) is 25.0 Å². The average molecular weight is 276 g/mol. The molecule has 1 heteroatoms. The summed E-state index contributed by atoms with van der Waals surface area (Å²) < 4.78 is 0. The van der Waals surface area contributed by atoms with Crippen molar-refractivity contribution in [3.05, 3.63) is 71.1 Å². The molecule has 1 aromatic heterocycles. The van der Waals surface area contributed by atoms with Crippen molar-refractivity contribution in [2.45, 2.75) is 19.3 Å². The van der Waals surface area contributed by atoms with Crippen molar-refractivity contribution in [1.29, 1.82) is 0 Å². The molecular weight excluding hydrogens is 260 g/mol. The molecule has 0 radical (unpaired) electrons. The van der Waals surface area contributed by atoms with Crippen molar-refractivity contribution in [1.82, 2.24) is 0 Å². The van der Waals surface area contributed by atoms with Gasteiger partial charge in [0.2, 0.25) is 0 Å². The minimum atomic E-state index is 0.0964. The highest BCUT2D eigenvalue weighted by atomic mass is 32.1. The van der Waals surface area contributed by atoms with E-state index < -0.39 is 0 Å². The fourth-order valence-corrected chi connectivity index (χ4v) is 4.02. The fraction of sp³-hybridized carbons (Fsp3) is 0.158. The Hall–Kier alpha value is -1.86. The van der Waals surface area contributed by atoms with Crippen molar-refractivity contribution in [3.63, 3.8) is 0 Å². The summed E-state index contributed by atoms with van der Waals surface area (Å²) >= 11 is 1.81. The number of benzene rings is 2. The van der Waals surface area contributed by atoms with Crippen LogP contribution in [0.3, 0.4) is 0 Å². The van der Waals surface area contributed by atoms with E-state index in [0.717, 1.165) is 0 Å². The van der Waals surface area contributed by atoms with E-state index in [4.69, 9.17) is 0 Å².